The zero-order valence-electron chi connectivity index (χ0n) is 11.5. The smallest absolute Gasteiger partial charge is 0.111 e. The van der Waals surface area contributed by atoms with Crippen LogP contribution in [0.3, 0.4) is 0 Å². The summed E-state index contributed by atoms with van der Waals surface area (Å²) in [7, 11) is 0. The summed E-state index contributed by atoms with van der Waals surface area (Å²) in [6, 6.07) is 6.44. The predicted molar refractivity (Wildman–Crippen MR) is 80.9 cm³/mol. The number of nitrogens with zero attached hydrogens (tertiary/aromatic N) is 2. The molecule has 0 amide bonds. The fourth-order valence-electron chi connectivity index (χ4n) is 2.80. The summed E-state index contributed by atoms with van der Waals surface area (Å²) in [5.41, 5.74) is 3.68. The number of hydrogen-bond acceptors (Lipinski definition) is 1. The zero-order valence-corrected chi connectivity index (χ0v) is 12.3. The first kappa shape index (κ1) is 13.0. The number of fused-ring (bicyclic) bond motifs is 1. The van der Waals surface area contributed by atoms with Crippen molar-refractivity contribution >= 4 is 22.6 Å². The molecule has 0 aliphatic heterocycles. The maximum absolute atomic E-state index is 5.92. The molecule has 0 atom stereocenters. The van der Waals surface area contributed by atoms with E-state index < -0.39 is 0 Å². The van der Waals surface area contributed by atoms with Crippen molar-refractivity contribution in [3.05, 3.63) is 29.6 Å². The first-order valence-electron chi connectivity index (χ1n) is 7.30. The van der Waals surface area contributed by atoms with Gasteiger partial charge in [-0.25, -0.2) is 4.98 Å². The third-order valence-electron chi connectivity index (χ3n) is 4.07. The Morgan fingerprint density at radius 3 is 2.95 bits per heavy atom. The van der Waals surface area contributed by atoms with Gasteiger partial charge >= 0.3 is 0 Å². The number of hydrogen-bond donors (Lipinski definition) is 0. The van der Waals surface area contributed by atoms with Crippen molar-refractivity contribution in [2.45, 2.75) is 45.6 Å². The van der Waals surface area contributed by atoms with Crippen molar-refractivity contribution in [1.82, 2.24) is 9.55 Å². The van der Waals surface area contributed by atoms with Gasteiger partial charge in [0.1, 0.15) is 5.82 Å². The highest BCUT2D eigenvalue weighted by Crippen LogP contribution is 2.34. The normalized spacial score (nSPS) is 15.3. The fourth-order valence-corrected chi connectivity index (χ4v) is 2.97. The molecular weight excluding hydrogens is 256 g/mol. The minimum absolute atomic E-state index is 0.644. The van der Waals surface area contributed by atoms with Crippen LogP contribution < -0.4 is 0 Å². The van der Waals surface area contributed by atoms with Gasteiger partial charge in [0.15, 0.2) is 0 Å². The lowest BCUT2D eigenvalue weighted by atomic mass is 10.2. The first-order chi connectivity index (χ1) is 9.29. The second-order valence-electron chi connectivity index (χ2n) is 5.65. The van der Waals surface area contributed by atoms with Gasteiger partial charge in [0.25, 0.3) is 0 Å². The second kappa shape index (κ2) is 5.54. The standard InChI is InChI=1S/C16H21ClN2/c1-12-4-2-6-14-16(12)18-15(9-10-17)19(14)11-3-5-13-7-8-13/h2,4,6,13H,3,5,7-11H2,1H3. The number of imidazole rings is 1. The molecule has 0 spiro atoms. The van der Waals surface area contributed by atoms with E-state index in [0.29, 0.717) is 5.88 Å². The van der Waals surface area contributed by atoms with Crippen molar-refractivity contribution in [3.63, 3.8) is 0 Å². The van der Waals surface area contributed by atoms with E-state index in [1.807, 2.05) is 0 Å². The molecule has 1 aliphatic rings. The van der Waals surface area contributed by atoms with Gasteiger partial charge in [-0.3, -0.25) is 0 Å². The van der Waals surface area contributed by atoms with Crippen LogP contribution in [0.15, 0.2) is 18.2 Å². The van der Waals surface area contributed by atoms with Crippen LogP contribution in [0.2, 0.25) is 0 Å². The van der Waals surface area contributed by atoms with Crippen LogP contribution in [0.1, 0.15) is 37.1 Å². The Hall–Kier alpha value is -1.02. The van der Waals surface area contributed by atoms with Gasteiger partial charge in [-0.15, -0.1) is 11.6 Å². The van der Waals surface area contributed by atoms with Crippen LogP contribution in [0.25, 0.3) is 11.0 Å². The Morgan fingerprint density at radius 1 is 1.37 bits per heavy atom. The molecule has 2 aromatic rings. The van der Waals surface area contributed by atoms with E-state index in [1.54, 1.807) is 0 Å². The molecule has 2 nitrogen and oxygen atoms in total. The summed E-state index contributed by atoms with van der Waals surface area (Å²) in [5, 5.41) is 0. The first-order valence-corrected chi connectivity index (χ1v) is 7.83. The molecule has 1 aromatic heterocycles. The molecule has 3 heteroatoms. The Bertz CT molecular complexity index is 569. The van der Waals surface area contributed by atoms with Gasteiger partial charge in [0, 0.05) is 18.8 Å². The van der Waals surface area contributed by atoms with Crippen molar-refractivity contribution in [2.24, 2.45) is 5.92 Å². The highest BCUT2D eigenvalue weighted by molar-refractivity contribution is 6.17. The van der Waals surface area contributed by atoms with Crippen molar-refractivity contribution in [2.75, 3.05) is 5.88 Å². The Labute approximate surface area is 119 Å². The largest absolute Gasteiger partial charge is 0.328 e. The minimum atomic E-state index is 0.644. The highest BCUT2D eigenvalue weighted by atomic mass is 35.5. The van der Waals surface area contributed by atoms with Crippen molar-refractivity contribution in [1.29, 1.82) is 0 Å². The van der Waals surface area contributed by atoms with Gasteiger partial charge in [-0.05, 0) is 37.3 Å². The second-order valence-corrected chi connectivity index (χ2v) is 6.02. The lowest BCUT2D eigenvalue weighted by Gasteiger charge is -2.08. The number of alkyl halides is 1. The van der Waals surface area contributed by atoms with E-state index in [4.69, 9.17) is 16.6 Å². The summed E-state index contributed by atoms with van der Waals surface area (Å²) in [5.74, 6) is 2.80. The molecule has 3 rings (SSSR count). The van der Waals surface area contributed by atoms with Crippen LogP contribution in [0, 0.1) is 12.8 Å². The number of aryl methyl sites for hydroxylation is 3. The lowest BCUT2D eigenvalue weighted by Crippen LogP contribution is -2.05. The van der Waals surface area contributed by atoms with Gasteiger partial charge in [0.2, 0.25) is 0 Å². The molecule has 102 valence electrons. The quantitative estimate of drug-likeness (QED) is 0.719. The Morgan fingerprint density at radius 2 is 2.21 bits per heavy atom. The average Bonchev–Trinajstić information content (AvgIpc) is 3.15. The monoisotopic (exact) mass is 276 g/mol. The molecule has 0 bridgehead atoms. The number of aromatic nitrogens is 2. The summed E-state index contributed by atoms with van der Waals surface area (Å²) < 4.78 is 2.38. The van der Waals surface area contributed by atoms with Gasteiger partial charge in [-0.1, -0.05) is 25.0 Å². The Kier molecular flexibility index (Phi) is 3.79. The van der Waals surface area contributed by atoms with Gasteiger partial charge in [0.05, 0.1) is 11.0 Å². The van der Waals surface area contributed by atoms with Crippen LogP contribution in [0.4, 0.5) is 0 Å². The van der Waals surface area contributed by atoms with Crippen molar-refractivity contribution in [3.8, 4) is 0 Å². The minimum Gasteiger partial charge on any atom is -0.328 e. The number of rotatable bonds is 6. The molecule has 0 unspecified atom stereocenters. The number of benzene rings is 1. The molecule has 1 heterocycles. The van der Waals surface area contributed by atoms with Crippen LogP contribution in [-0.4, -0.2) is 15.4 Å². The summed E-state index contributed by atoms with van der Waals surface area (Å²) in [6.07, 6.45) is 6.38. The summed E-state index contributed by atoms with van der Waals surface area (Å²) in [4.78, 5) is 4.79. The van der Waals surface area contributed by atoms with E-state index in [-0.39, 0.29) is 0 Å². The summed E-state index contributed by atoms with van der Waals surface area (Å²) in [6.45, 7) is 3.22. The SMILES string of the molecule is Cc1cccc2c1nc(CCCl)n2CCCC1CC1. The molecular formula is C16H21ClN2. The molecule has 1 aromatic carbocycles. The lowest BCUT2D eigenvalue weighted by molar-refractivity contribution is 0.571. The maximum atomic E-state index is 5.92. The topological polar surface area (TPSA) is 17.8 Å². The molecule has 1 saturated carbocycles. The molecule has 1 aliphatic carbocycles. The van der Waals surface area contributed by atoms with Crippen molar-refractivity contribution < 1.29 is 0 Å². The number of para-hydroxylation sites is 1. The average molecular weight is 277 g/mol. The van der Waals surface area contributed by atoms with E-state index in [1.165, 1.54) is 36.8 Å². The third-order valence-corrected chi connectivity index (χ3v) is 4.26. The van der Waals surface area contributed by atoms with E-state index >= 15 is 0 Å². The van der Waals surface area contributed by atoms with Crippen LogP contribution in [-0.2, 0) is 13.0 Å². The van der Waals surface area contributed by atoms with Gasteiger partial charge < -0.3 is 4.57 Å². The summed E-state index contributed by atoms with van der Waals surface area (Å²) >= 11 is 5.92. The van der Waals surface area contributed by atoms with E-state index in [9.17, 15) is 0 Å². The van der Waals surface area contributed by atoms with E-state index in [0.717, 1.165) is 30.2 Å². The fraction of sp³-hybridized carbons (Fsp3) is 0.562. The van der Waals surface area contributed by atoms with Crippen LogP contribution >= 0.6 is 11.6 Å². The van der Waals surface area contributed by atoms with E-state index in [2.05, 4.69) is 29.7 Å². The number of halogens is 1. The molecule has 0 saturated heterocycles. The third kappa shape index (κ3) is 2.79. The predicted octanol–water partition coefficient (Wildman–Crippen LogP) is 4.32. The zero-order chi connectivity index (χ0) is 13.2. The molecule has 19 heavy (non-hydrogen) atoms. The molecule has 1 fully saturated rings. The molecule has 0 N–H and O–H groups in total. The Balaban J connectivity index is 1.88. The molecule has 0 radical (unpaired) electrons. The maximum Gasteiger partial charge on any atom is 0.111 e. The highest BCUT2D eigenvalue weighted by Gasteiger charge is 2.20. The van der Waals surface area contributed by atoms with Gasteiger partial charge in [-0.2, -0.15) is 0 Å². The van der Waals surface area contributed by atoms with Crippen LogP contribution in [0.5, 0.6) is 0 Å².